The van der Waals surface area contributed by atoms with E-state index < -0.39 is 0 Å². The van der Waals surface area contributed by atoms with Gasteiger partial charge in [0.25, 0.3) is 0 Å². The van der Waals surface area contributed by atoms with E-state index in [1.807, 2.05) is 7.05 Å². The number of aryl methyl sites for hydroxylation is 1. The maximum absolute atomic E-state index is 12.8. The molecule has 3 nitrogen and oxygen atoms in total. The van der Waals surface area contributed by atoms with Gasteiger partial charge in [0.05, 0.1) is 0 Å². The summed E-state index contributed by atoms with van der Waals surface area (Å²) in [6.45, 7) is 4.06. The Kier molecular flexibility index (Phi) is 4.29. The first-order valence-corrected chi connectivity index (χ1v) is 8.22. The van der Waals surface area contributed by atoms with Crippen LogP contribution in [-0.2, 0) is 17.6 Å². The van der Waals surface area contributed by atoms with E-state index in [4.69, 9.17) is 0 Å². The molecule has 21 heavy (non-hydrogen) atoms. The lowest BCUT2D eigenvalue weighted by Crippen LogP contribution is -2.51. The molecule has 0 bridgehead atoms. The third-order valence-electron chi connectivity index (χ3n) is 5.28. The number of piperidine rings is 1. The van der Waals surface area contributed by atoms with Crippen LogP contribution in [0.3, 0.4) is 0 Å². The van der Waals surface area contributed by atoms with Gasteiger partial charge in [0.15, 0.2) is 0 Å². The SMILES string of the molecule is CNC1CCN(C(=O)C2CCc3ccccc3C2)CC1C. The van der Waals surface area contributed by atoms with Crippen LogP contribution in [0.2, 0.25) is 0 Å². The molecule has 0 radical (unpaired) electrons. The number of carbonyl (C=O) groups is 1. The highest BCUT2D eigenvalue weighted by Gasteiger charge is 2.32. The molecule has 0 saturated carbocycles. The van der Waals surface area contributed by atoms with Gasteiger partial charge in [-0.3, -0.25) is 4.79 Å². The van der Waals surface area contributed by atoms with Crippen LogP contribution >= 0.6 is 0 Å². The molecule has 3 atom stereocenters. The fraction of sp³-hybridized carbons (Fsp3) is 0.611. The summed E-state index contributed by atoms with van der Waals surface area (Å²) in [7, 11) is 2.02. The average Bonchev–Trinajstić information content (AvgIpc) is 2.53. The van der Waals surface area contributed by atoms with Crippen LogP contribution in [0.15, 0.2) is 24.3 Å². The molecule has 1 aromatic rings. The first-order valence-electron chi connectivity index (χ1n) is 8.22. The first-order chi connectivity index (χ1) is 10.2. The van der Waals surface area contributed by atoms with Crippen molar-refractivity contribution in [2.75, 3.05) is 20.1 Å². The number of nitrogens with one attached hydrogen (secondary N) is 1. The summed E-state index contributed by atoms with van der Waals surface area (Å²) in [6, 6.07) is 9.14. The third-order valence-corrected chi connectivity index (χ3v) is 5.28. The smallest absolute Gasteiger partial charge is 0.226 e. The summed E-state index contributed by atoms with van der Waals surface area (Å²) < 4.78 is 0. The number of fused-ring (bicyclic) bond motifs is 1. The molecule has 1 aromatic carbocycles. The standard InChI is InChI=1S/C18H26N2O/c1-13-12-20(10-9-17(13)19-2)18(21)16-8-7-14-5-3-4-6-15(14)11-16/h3-6,13,16-17,19H,7-12H2,1-2H3. The molecule has 0 spiro atoms. The average molecular weight is 286 g/mol. The van der Waals surface area contributed by atoms with Gasteiger partial charge < -0.3 is 10.2 Å². The van der Waals surface area contributed by atoms with E-state index in [2.05, 4.69) is 41.4 Å². The number of likely N-dealkylation sites (tertiary alicyclic amines) is 1. The minimum Gasteiger partial charge on any atom is -0.342 e. The van der Waals surface area contributed by atoms with Crippen LogP contribution in [0.4, 0.5) is 0 Å². The molecule has 1 saturated heterocycles. The van der Waals surface area contributed by atoms with Gasteiger partial charge in [-0.05, 0) is 49.8 Å². The van der Waals surface area contributed by atoms with E-state index in [9.17, 15) is 4.79 Å². The van der Waals surface area contributed by atoms with E-state index in [1.165, 1.54) is 11.1 Å². The van der Waals surface area contributed by atoms with Gasteiger partial charge in [0.2, 0.25) is 5.91 Å². The first kappa shape index (κ1) is 14.6. The van der Waals surface area contributed by atoms with Crippen molar-refractivity contribution in [1.29, 1.82) is 0 Å². The predicted octanol–water partition coefficient (Wildman–Crippen LogP) is 2.25. The van der Waals surface area contributed by atoms with Gasteiger partial charge in [0.1, 0.15) is 0 Å². The number of hydrogen-bond acceptors (Lipinski definition) is 2. The van der Waals surface area contributed by atoms with Crippen LogP contribution in [0.25, 0.3) is 0 Å². The van der Waals surface area contributed by atoms with Crippen molar-refractivity contribution in [3.05, 3.63) is 35.4 Å². The predicted molar refractivity (Wildman–Crippen MR) is 85.2 cm³/mol. The van der Waals surface area contributed by atoms with Crippen LogP contribution in [-0.4, -0.2) is 37.0 Å². The Hall–Kier alpha value is -1.35. The van der Waals surface area contributed by atoms with E-state index >= 15 is 0 Å². The number of rotatable bonds is 2. The van der Waals surface area contributed by atoms with Crippen molar-refractivity contribution in [2.45, 2.75) is 38.6 Å². The fourth-order valence-electron chi connectivity index (χ4n) is 3.94. The van der Waals surface area contributed by atoms with E-state index in [0.29, 0.717) is 17.9 Å². The second kappa shape index (κ2) is 6.18. The number of hydrogen-bond donors (Lipinski definition) is 1. The highest BCUT2D eigenvalue weighted by atomic mass is 16.2. The van der Waals surface area contributed by atoms with E-state index in [-0.39, 0.29) is 5.92 Å². The molecular weight excluding hydrogens is 260 g/mol. The highest BCUT2D eigenvalue weighted by Crippen LogP contribution is 2.28. The molecule has 3 unspecified atom stereocenters. The number of benzene rings is 1. The molecular formula is C18H26N2O. The Morgan fingerprint density at radius 1 is 1.24 bits per heavy atom. The Morgan fingerprint density at radius 2 is 2.00 bits per heavy atom. The Balaban J connectivity index is 1.65. The van der Waals surface area contributed by atoms with Crippen molar-refractivity contribution in [1.82, 2.24) is 10.2 Å². The summed E-state index contributed by atoms with van der Waals surface area (Å²) >= 11 is 0. The summed E-state index contributed by atoms with van der Waals surface area (Å²) in [5.74, 6) is 1.12. The molecule has 1 amide bonds. The van der Waals surface area contributed by atoms with Gasteiger partial charge in [-0.15, -0.1) is 0 Å². The lowest BCUT2D eigenvalue weighted by atomic mass is 9.82. The lowest BCUT2D eigenvalue weighted by molar-refractivity contribution is -0.138. The lowest BCUT2D eigenvalue weighted by Gasteiger charge is -2.39. The van der Waals surface area contributed by atoms with Crippen molar-refractivity contribution >= 4 is 5.91 Å². The molecule has 114 valence electrons. The topological polar surface area (TPSA) is 32.3 Å². The van der Waals surface area contributed by atoms with Crippen LogP contribution < -0.4 is 5.32 Å². The van der Waals surface area contributed by atoms with Crippen LogP contribution in [0, 0.1) is 11.8 Å². The normalized spacial score (nSPS) is 29.0. The zero-order valence-corrected chi connectivity index (χ0v) is 13.1. The van der Waals surface area contributed by atoms with Gasteiger partial charge in [0, 0.05) is 25.0 Å². The molecule has 1 heterocycles. The molecule has 1 aliphatic carbocycles. The highest BCUT2D eigenvalue weighted by molar-refractivity contribution is 5.79. The van der Waals surface area contributed by atoms with Gasteiger partial charge in [-0.25, -0.2) is 0 Å². The van der Waals surface area contributed by atoms with E-state index in [1.54, 1.807) is 0 Å². The van der Waals surface area contributed by atoms with Gasteiger partial charge in [-0.2, -0.15) is 0 Å². The zero-order chi connectivity index (χ0) is 14.8. The minimum atomic E-state index is 0.193. The van der Waals surface area contributed by atoms with Gasteiger partial charge in [-0.1, -0.05) is 31.2 Å². The van der Waals surface area contributed by atoms with Gasteiger partial charge >= 0.3 is 0 Å². The fourth-order valence-corrected chi connectivity index (χ4v) is 3.94. The zero-order valence-electron chi connectivity index (χ0n) is 13.1. The quantitative estimate of drug-likeness (QED) is 0.904. The second-order valence-electron chi connectivity index (χ2n) is 6.65. The summed E-state index contributed by atoms with van der Waals surface area (Å²) in [5, 5.41) is 3.37. The largest absolute Gasteiger partial charge is 0.342 e. The monoisotopic (exact) mass is 286 g/mol. The van der Waals surface area contributed by atoms with E-state index in [0.717, 1.165) is 38.8 Å². The van der Waals surface area contributed by atoms with Crippen molar-refractivity contribution < 1.29 is 4.79 Å². The maximum atomic E-state index is 12.8. The summed E-state index contributed by atoms with van der Waals surface area (Å²) in [4.78, 5) is 14.9. The molecule has 0 aromatic heterocycles. The Labute approximate surface area is 127 Å². The number of nitrogens with zero attached hydrogens (tertiary/aromatic N) is 1. The minimum absolute atomic E-state index is 0.193. The number of carbonyl (C=O) groups excluding carboxylic acids is 1. The second-order valence-corrected chi connectivity index (χ2v) is 6.65. The Morgan fingerprint density at radius 3 is 2.71 bits per heavy atom. The molecule has 3 heteroatoms. The molecule has 2 aliphatic rings. The molecule has 1 fully saturated rings. The Bertz CT molecular complexity index is 514. The summed E-state index contributed by atoms with van der Waals surface area (Å²) in [6.07, 6.45) is 4.06. The molecule has 1 N–H and O–H groups in total. The molecule has 3 rings (SSSR count). The van der Waals surface area contributed by atoms with Crippen LogP contribution in [0.1, 0.15) is 30.9 Å². The summed E-state index contributed by atoms with van der Waals surface area (Å²) in [5.41, 5.74) is 2.81. The van der Waals surface area contributed by atoms with Crippen molar-refractivity contribution in [3.8, 4) is 0 Å². The number of amides is 1. The third kappa shape index (κ3) is 2.98. The maximum Gasteiger partial charge on any atom is 0.226 e. The van der Waals surface area contributed by atoms with Crippen molar-refractivity contribution in [2.24, 2.45) is 11.8 Å². The van der Waals surface area contributed by atoms with Crippen molar-refractivity contribution in [3.63, 3.8) is 0 Å². The molecule has 1 aliphatic heterocycles. The van der Waals surface area contributed by atoms with Crippen LogP contribution in [0.5, 0.6) is 0 Å².